The van der Waals surface area contributed by atoms with Crippen LogP contribution in [0.1, 0.15) is 16.7 Å². The van der Waals surface area contributed by atoms with Crippen LogP contribution >= 0.6 is 11.6 Å². The molecule has 0 saturated heterocycles. The minimum absolute atomic E-state index is 0.00473. The molecule has 0 aliphatic heterocycles. The number of nitrogens with two attached hydrogens (primary N) is 1. The van der Waals surface area contributed by atoms with Gasteiger partial charge in [-0.05, 0) is 37.5 Å². The van der Waals surface area contributed by atoms with Crippen molar-refractivity contribution in [2.45, 2.75) is 20.3 Å². The van der Waals surface area contributed by atoms with E-state index in [2.05, 4.69) is 5.32 Å². The number of amides is 1. The molecule has 18 heavy (non-hydrogen) atoms. The second kappa shape index (κ2) is 6.61. The highest BCUT2D eigenvalue weighted by molar-refractivity contribution is 6.32. The largest absolute Gasteiger partial charge is 0.496 e. The fourth-order valence-corrected chi connectivity index (χ4v) is 2.02. The summed E-state index contributed by atoms with van der Waals surface area (Å²) >= 11 is 6.22. The maximum absolute atomic E-state index is 11.1. The molecule has 0 spiro atoms. The Bertz CT molecular complexity index is 447. The Kier molecular flexibility index (Phi) is 5.44. The van der Waals surface area contributed by atoms with Crippen LogP contribution in [0.4, 0.5) is 0 Å². The number of benzene rings is 1. The third-order valence-corrected chi connectivity index (χ3v) is 3.46. The number of methoxy groups -OCH3 is 1. The van der Waals surface area contributed by atoms with E-state index in [0.29, 0.717) is 13.0 Å². The predicted octanol–water partition coefficient (Wildman–Crippen LogP) is 1.58. The molecule has 0 heterocycles. The average molecular weight is 271 g/mol. The van der Waals surface area contributed by atoms with Crippen molar-refractivity contribution in [1.29, 1.82) is 0 Å². The number of rotatable bonds is 5. The lowest BCUT2D eigenvalue weighted by molar-refractivity contribution is -0.119. The Morgan fingerprint density at radius 1 is 1.50 bits per heavy atom. The zero-order valence-electron chi connectivity index (χ0n) is 11.0. The molecule has 1 amide bonds. The number of hydrogen-bond acceptors (Lipinski definition) is 3. The SMILES string of the molecule is COc1cc(C)c(Cl)c(C)c1CCNC(=O)CN. The van der Waals surface area contributed by atoms with Gasteiger partial charge in [0, 0.05) is 17.1 Å². The van der Waals surface area contributed by atoms with E-state index in [4.69, 9.17) is 22.1 Å². The first-order chi connectivity index (χ1) is 8.51. The molecule has 0 aliphatic rings. The van der Waals surface area contributed by atoms with Crippen molar-refractivity contribution < 1.29 is 9.53 Å². The monoisotopic (exact) mass is 270 g/mol. The smallest absolute Gasteiger partial charge is 0.233 e. The summed E-state index contributed by atoms with van der Waals surface area (Å²) in [5, 5.41) is 3.48. The maximum Gasteiger partial charge on any atom is 0.233 e. The minimum atomic E-state index is -0.162. The van der Waals surface area contributed by atoms with E-state index in [0.717, 1.165) is 27.5 Å². The van der Waals surface area contributed by atoms with Gasteiger partial charge in [0.1, 0.15) is 5.75 Å². The van der Waals surface area contributed by atoms with Crippen molar-refractivity contribution in [2.24, 2.45) is 5.73 Å². The maximum atomic E-state index is 11.1. The molecule has 0 radical (unpaired) electrons. The molecule has 0 atom stereocenters. The van der Waals surface area contributed by atoms with Crippen molar-refractivity contribution >= 4 is 17.5 Å². The Morgan fingerprint density at radius 2 is 2.17 bits per heavy atom. The summed E-state index contributed by atoms with van der Waals surface area (Å²) in [4.78, 5) is 11.1. The van der Waals surface area contributed by atoms with E-state index >= 15 is 0 Å². The molecule has 1 rings (SSSR count). The number of ether oxygens (including phenoxy) is 1. The summed E-state index contributed by atoms with van der Waals surface area (Å²) in [7, 11) is 1.63. The Morgan fingerprint density at radius 3 is 2.72 bits per heavy atom. The van der Waals surface area contributed by atoms with Crippen LogP contribution in [-0.2, 0) is 11.2 Å². The second-order valence-corrected chi connectivity index (χ2v) is 4.50. The van der Waals surface area contributed by atoms with Gasteiger partial charge in [0.05, 0.1) is 13.7 Å². The van der Waals surface area contributed by atoms with E-state index in [9.17, 15) is 4.79 Å². The van der Waals surface area contributed by atoms with Crippen LogP contribution in [0.15, 0.2) is 6.07 Å². The van der Waals surface area contributed by atoms with Crippen LogP contribution < -0.4 is 15.8 Å². The summed E-state index contributed by atoms with van der Waals surface area (Å²) in [5.74, 6) is 0.640. The first-order valence-corrected chi connectivity index (χ1v) is 6.18. The number of aryl methyl sites for hydroxylation is 1. The van der Waals surface area contributed by atoms with E-state index in [1.54, 1.807) is 7.11 Å². The zero-order chi connectivity index (χ0) is 13.7. The standard InChI is InChI=1S/C13H19ClN2O2/c1-8-6-11(18-3)10(9(2)13(8)14)4-5-16-12(17)7-15/h6H,4-5,7,15H2,1-3H3,(H,16,17). The van der Waals surface area contributed by atoms with Crippen LogP contribution in [0.5, 0.6) is 5.75 Å². The van der Waals surface area contributed by atoms with Crippen LogP contribution in [-0.4, -0.2) is 26.1 Å². The van der Waals surface area contributed by atoms with Crippen molar-refractivity contribution in [3.05, 3.63) is 27.8 Å². The van der Waals surface area contributed by atoms with E-state index in [1.807, 2.05) is 19.9 Å². The molecule has 5 heteroatoms. The number of halogens is 1. The molecule has 0 unspecified atom stereocenters. The van der Waals surface area contributed by atoms with Crippen LogP contribution in [0.25, 0.3) is 0 Å². The summed E-state index contributed by atoms with van der Waals surface area (Å²) in [6, 6.07) is 1.91. The van der Waals surface area contributed by atoms with Crippen molar-refractivity contribution in [2.75, 3.05) is 20.2 Å². The predicted molar refractivity (Wildman–Crippen MR) is 73.2 cm³/mol. The molecule has 1 aromatic carbocycles. The van der Waals surface area contributed by atoms with Gasteiger partial charge in [-0.2, -0.15) is 0 Å². The van der Waals surface area contributed by atoms with Crippen molar-refractivity contribution in [3.63, 3.8) is 0 Å². The molecule has 4 nitrogen and oxygen atoms in total. The zero-order valence-corrected chi connectivity index (χ0v) is 11.7. The van der Waals surface area contributed by atoms with Gasteiger partial charge in [-0.25, -0.2) is 0 Å². The molecule has 0 saturated carbocycles. The molecule has 100 valence electrons. The fourth-order valence-electron chi connectivity index (χ4n) is 1.85. The lowest BCUT2D eigenvalue weighted by Crippen LogP contribution is -2.31. The van der Waals surface area contributed by atoms with Gasteiger partial charge in [0.15, 0.2) is 0 Å². The highest BCUT2D eigenvalue weighted by Gasteiger charge is 2.12. The van der Waals surface area contributed by atoms with Gasteiger partial charge in [-0.3, -0.25) is 4.79 Å². The highest BCUT2D eigenvalue weighted by atomic mass is 35.5. The topological polar surface area (TPSA) is 64.3 Å². The third kappa shape index (κ3) is 3.37. The van der Waals surface area contributed by atoms with Crippen LogP contribution in [0.3, 0.4) is 0 Å². The molecule has 3 N–H and O–H groups in total. The van der Waals surface area contributed by atoms with Gasteiger partial charge >= 0.3 is 0 Å². The molecule has 1 aromatic rings. The lowest BCUT2D eigenvalue weighted by Gasteiger charge is -2.15. The fraction of sp³-hybridized carbons (Fsp3) is 0.462. The first-order valence-electron chi connectivity index (χ1n) is 5.80. The van der Waals surface area contributed by atoms with Crippen molar-refractivity contribution in [1.82, 2.24) is 5.32 Å². The van der Waals surface area contributed by atoms with Crippen molar-refractivity contribution in [3.8, 4) is 5.75 Å². The summed E-state index contributed by atoms with van der Waals surface area (Å²) in [6.45, 7) is 4.42. The van der Waals surface area contributed by atoms with E-state index < -0.39 is 0 Å². The van der Waals surface area contributed by atoms with Gasteiger partial charge < -0.3 is 15.8 Å². The summed E-state index contributed by atoms with van der Waals surface area (Å²) < 4.78 is 5.35. The quantitative estimate of drug-likeness (QED) is 0.854. The average Bonchev–Trinajstić information content (AvgIpc) is 2.37. The number of nitrogens with one attached hydrogen (secondary N) is 1. The van der Waals surface area contributed by atoms with Crippen LogP contribution in [0, 0.1) is 13.8 Å². The van der Waals surface area contributed by atoms with Gasteiger partial charge in [-0.1, -0.05) is 11.6 Å². The van der Waals surface area contributed by atoms with E-state index in [-0.39, 0.29) is 12.5 Å². The van der Waals surface area contributed by atoms with Gasteiger partial charge in [0.2, 0.25) is 5.91 Å². The first kappa shape index (κ1) is 14.8. The minimum Gasteiger partial charge on any atom is -0.496 e. The third-order valence-electron chi connectivity index (χ3n) is 2.88. The Hall–Kier alpha value is -1.26. The van der Waals surface area contributed by atoms with E-state index in [1.165, 1.54) is 0 Å². The summed E-state index contributed by atoms with van der Waals surface area (Å²) in [6.07, 6.45) is 0.667. The van der Waals surface area contributed by atoms with Gasteiger partial charge in [-0.15, -0.1) is 0 Å². The normalized spacial score (nSPS) is 10.3. The number of hydrogen-bond donors (Lipinski definition) is 2. The lowest BCUT2D eigenvalue weighted by atomic mass is 10.0. The molecule has 0 bridgehead atoms. The highest BCUT2D eigenvalue weighted by Crippen LogP contribution is 2.31. The van der Waals surface area contributed by atoms with Crippen LogP contribution in [0.2, 0.25) is 5.02 Å². The van der Waals surface area contributed by atoms with Gasteiger partial charge in [0.25, 0.3) is 0 Å². The number of carbonyl (C=O) groups excluding carboxylic acids is 1. The molecule has 0 fully saturated rings. The molecular formula is C13H19ClN2O2. The molecule has 0 aliphatic carbocycles. The Balaban J connectivity index is 2.87. The summed E-state index contributed by atoms with van der Waals surface area (Å²) in [5.41, 5.74) is 8.23. The molecule has 0 aromatic heterocycles. The molecular weight excluding hydrogens is 252 g/mol. The second-order valence-electron chi connectivity index (χ2n) is 4.12. The Labute approximate surface area is 112 Å². The number of carbonyl (C=O) groups is 1.